The molecule has 4 heteroatoms. The Morgan fingerprint density at radius 1 is 0.862 bits per heavy atom. The van der Waals surface area contributed by atoms with Gasteiger partial charge < -0.3 is 13.9 Å². The molecule has 0 radical (unpaired) electrons. The fraction of sp³-hybridized carbons (Fsp3) is 0.360. The van der Waals surface area contributed by atoms with Crippen molar-refractivity contribution in [1.29, 1.82) is 0 Å². The van der Waals surface area contributed by atoms with Crippen molar-refractivity contribution in [3.8, 4) is 5.75 Å². The van der Waals surface area contributed by atoms with E-state index in [1.807, 2.05) is 11.9 Å². The average Bonchev–Trinajstić information content (AvgIpc) is 3.12. The topological polar surface area (TPSA) is 15.7 Å². The Hall–Kier alpha value is -2.17. The number of benzene rings is 3. The normalized spacial score (nSPS) is 16.5. The van der Waals surface area contributed by atoms with Gasteiger partial charge in [0.25, 0.3) is 0 Å². The quantitative estimate of drug-likeness (QED) is 0.348. The molecule has 0 N–H and O–H groups in total. The van der Waals surface area contributed by atoms with Crippen LogP contribution in [-0.4, -0.2) is 31.1 Å². The van der Waals surface area contributed by atoms with E-state index in [0.29, 0.717) is 0 Å². The molecule has 3 aromatic carbocycles. The highest BCUT2D eigenvalue weighted by Crippen LogP contribution is 2.47. The molecule has 1 fully saturated rings. The predicted octanol–water partition coefficient (Wildman–Crippen LogP) is 6.12. The first-order valence-corrected chi connectivity index (χ1v) is 11.6. The van der Waals surface area contributed by atoms with E-state index in [1.165, 1.54) is 59.3 Å². The molecule has 2 heterocycles. The molecule has 3 aromatic rings. The third kappa shape index (κ3) is 4.10. The lowest BCUT2D eigenvalue weighted by atomic mass is 10.1. The molecular formula is C25H28N2OS. The third-order valence-corrected chi connectivity index (χ3v) is 7.02. The van der Waals surface area contributed by atoms with Gasteiger partial charge in [0.2, 0.25) is 0 Å². The summed E-state index contributed by atoms with van der Waals surface area (Å²) in [7, 11) is 0. The molecule has 0 bridgehead atoms. The van der Waals surface area contributed by atoms with Crippen molar-refractivity contribution >= 4 is 28.4 Å². The fourth-order valence-electron chi connectivity index (χ4n) is 4.44. The number of hydrogen-bond donors (Lipinski definition) is 0. The zero-order chi connectivity index (χ0) is 19.5. The minimum absolute atomic E-state index is 0.788. The van der Waals surface area contributed by atoms with Crippen molar-refractivity contribution in [3.63, 3.8) is 0 Å². The molecule has 3 nitrogen and oxygen atoms in total. The molecule has 0 atom stereocenters. The van der Waals surface area contributed by atoms with Gasteiger partial charge in [0.1, 0.15) is 5.75 Å². The Labute approximate surface area is 177 Å². The van der Waals surface area contributed by atoms with Crippen molar-refractivity contribution in [2.24, 2.45) is 0 Å². The molecule has 1 saturated heterocycles. The van der Waals surface area contributed by atoms with Crippen LogP contribution in [-0.2, 0) is 6.54 Å². The number of hydrogen-bond acceptors (Lipinski definition) is 4. The summed E-state index contributed by atoms with van der Waals surface area (Å²) in [5, 5.41) is 2.69. The number of likely N-dealkylation sites (tertiary alicyclic amines) is 1. The summed E-state index contributed by atoms with van der Waals surface area (Å²) in [4.78, 5) is 3.93. The van der Waals surface area contributed by atoms with Crippen LogP contribution in [0.4, 0.5) is 5.69 Å². The predicted molar refractivity (Wildman–Crippen MR) is 123 cm³/mol. The van der Waals surface area contributed by atoms with E-state index in [4.69, 9.17) is 4.74 Å². The van der Waals surface area contributed by atoms with Gasteiger partial charge in [0.05, 0.1) is 18.8 Å². The maximum Gasteiger partial charge on any atom is 0.124 e. The second-order valence-electron chi connectivity index (χ2n) is 7.97. The Morgan fingerprint density at radius 2 is 1.69 bits per heavy atom. The van der Waals surface area contributed by atoms with E-state index in [1.54, 1.807) is 0 Å². The molecule has 2 aliphatic rings. The Morgan fingerprint density at radius 3 is 2.59 bits per heavy atom. The van der Waals surface area contributed by atoms with Gasteiger partial charge >= 0.3 is 0 Å². The molecule has 0 unspecified atom stereocenters. The van der Waals surface area contributed by atoms with Crippen molar-refractivity contribution in [2.75, 3.05) is 30.5 Å². The number of rotatable bonds is 7. The molecule has 150 valence electrons. The van der Waals surface area contributed by atoms with Crippen LogP contribution in [0.25, 0.3) is 10.8 Å². The first-order valence-electron chi connectivity index (χ1n) is 10.8. The maximum atomic E-state index is 6.23. The van der Waals surface area contributed by atoms with Crippen molar-refractivity contribution in [1.82, 2.24) is 4.90 Å². The van der Waals surface area contributed by atoms with Crippen LogP contribution in [0.2, 0.25) is 0 Å². The largest absolute Gasteiger partial charge is 0.493 e. The molecule has 5 rings (SSSR count). The van der Waals surface area contributed by atoms with Crippen LogP contribution < -0.4 is 9.04 Å². The van der Waals surface area contributed by atoms with Crippen LogP contribution in [0.15, 0.2) is 65.6 Å². The van der Waals surface area contributed by atoms with Crippen LogP contribution in [0, 0.1) is 0 Å². The number of anilines is 1. The van der Waals surface area contributed by atoms with Crippen molar-refractivity contribution in [2.45, 2.75) is 37.1 Å². The molecule has 2 aliphatic heterocycles. The summed E-state index contributed by atoms with van der Waals surface area (Å²) in [5.41, 5.74) is 2.56. The van der Waals surface area contributed by atoms with Gasteiger partial charge in [-0.15, -0.1) is 0 Å². The van der Waals surface area contributed by atoms with Crippen molar-refractivity contribution in [3.05, 3.63) is 66.2 Å². The van der Waals surface area contributed by atoms with E-state index in [0.717, 1.165) is 31.9 Å². The first kappa shape index (κ1) is 18.8. The van der Waals surface area contributed by atoms with E-state index in [-0.39, 0.29) is 0 Å². The molecule has 29 heavy (non-hydrogen) atoms. The summed E-state index contributed by atoms with van der Waals surface area (Å²) >= 11 is 1.84. The van der Waals surface area contributed by atoms with Gasteiger partial charge in [-0.1, -0.05) is 48.9 Å². The summed E-state index contributed by atoms with van der Waals surface area (Å²) < 4.78 is 8.62. The zero-order valence-electron chi connectivity index (χ0n) is 16.8. The summed E-state index contributed by atoms with van der Waals surface area (Å²) in [6, 6.07) is 21.7. The smallest absolute Gasteiger partial charge is 0.124 e. The second kappa shape index (κ2) is 8.68. The van der Waals surface area contributed by atoms with Gasteiger partial charge in [-0.05, 0) is 67.9 Å². The molecule has 0 saturated carbocycles. The Bertz CT molecular complexity index is 978. The van der Waals surface area contributed by atoms with E-state index in [9.17, 15) is 0 Å². The lowest BCUT2D eigenvalue weighted by molar-refractivity contribution is 0.204. The van der Waals surface area contributed by atoms with Gasteiger partial charge in [-0.3, -0.25) is 0 Å². The highest BCUT2D eigenvalue weighted by molar-refractivity contribution is 8.01. The molecule has 0 aliphatic carbocycles. The van der Waals surface area contributed by atoms with Gasteiger partial charge in [0, 0.05) is 22.4 Å². The zero-order valence-corrected chi connectivity index (χ0v) is 17.7. The minimum atomic E-state index is 0.788. The summed E-state index contributed by atoms with van der Waals surface area (Å²) in [5.74, 6) is 1.02. The van der Waals surface area contributed by atoms with Crippen LogP contribution in [0.3, 0.4) is 0 Å². The number of nitrogens with zero attached hydrogens (tertiary/aromatic N) is 2. The van der Waals surface area contributed by atoms with Crippen LogP contribution >= 0.6 is 11.9 Å². The fourth-order valence-corrected chi connectivity index (χ4v) is 5.58. The Balaban J connectivity index is 1.24. The second-order valence-corrected chi connectivity index (χ2v) is 9.03. The Kier molecular flexibility index (Phi) is 5.64. The highest BCUT2D eigenvalue weighted by atomic mass is 32.2. The van der Waals surface area contributed by atoms with Gasteiger partial charge in [-0.2, -0.15) is 0 Å². The lowest BCUT2D eigenvalue weighted by Gasteiger charge is -2.26. The van der Waals surface area contributed by atoms with E-state index >= 15 is 0 Å². The number of para-hydroxylation sites is 1. The molecular weight excluding hydrogens is 376 g/mol. The molecule has 0 spiro atoms. The summed E-state index contributed by atoms with van der Waals surface area (Å²) in [6.07, 6.45) is 5.20. The van der Waals surface area contributed by atoms with Gasteiger partial charge in [-0.25, -0.2) is 0 Å². The highest BCUT2D eigenvalue weighted by Gasteiger charge is 2.23. The standard InChI is InChI=1S/C25H28N2OS/c1-4-15-26(16-5-1)17-8-18-28-23-13-3-2-9-21(23)19-27-22-12-6-10-20-11-7-14-24(29-27)25(20)22/h2-3,6-7,9-14H,1,4-5,8,15-19H2. The molecule has 0 amide bonds. The van der Waals surface area contributed by atoms with Crippen LogP contribution in [0.5, 0.6) is 5.75 Å². The average molecular weight is 405 g/mol. The minimum Gasteiger partial charge on any atom is -0.493 e. The number of ether oxygens (including phenoxy) is 1. The molecule has 0 aromatic heterocycles. The SMILES string of the molecule is c1ccc(OCCCN2CCCCC2)c(CN2Sc3cccc4cccc2c34)c1. The number of piperidine rings is 1. The summed E-state index contributed by atoms with van der Waals surface area (Å²) in [6.45, 7) is 5.31. The first-order chi connectivity index (χ1) is 14.4. The maximum absolute atomic E-state index is 6.23. The van der Waals surface area contributed by atoms with Gasteiger partial charge in [0.15, 0.2) is 0 Å². The third-order valence-electron chi connectivity index (χ3n) is 5.93. The monoisotopic (exact) mass is 404 g/mol. The van der Waals surface area contributed by atoms with Crippen molar-refractivity contribution < 1.29 is 4.74 Å². The lowest BCUT2D eigenvalue weighted by Crippen LogP contribution is -2.31. The van der Waals surface area contributed by atoms with E-state index < -0.39 is 0 Å². The van der Waals surface area contributed by atoms with Crippen LogP contribution in [0.1, 0.15) is 31.2 Å². The van der Waals surface area contributed by atoms with E-state index in [2.05, 4.69) is 69.9 Å².